The van der Waals surface area contributed by atoms with Crippen molar-refractivity contribution in [3.05, 3.63) is 0 Å². The lowest BCUT2D eigenvalue weighted by molar-refractivity contribution is -0.189. The number of carbonyl (C=O) groups is 1. The summed E-state index contributed by atoms with van der Waals surface area (Å²) in [7, 11) is 0. The lowest BCUT2D eigenvalue weighted by atomic mass is 9.84. The summed E-state index contributed by atoms with van der Waals surface area (Å²) in [5, 5.41) is 1.87. The minimum Gasteiger partial charge on any atom is -0.440 e. The van der Waals surface area contributed by atoms with E-state index in [1.165, 1.54) is 0 Å². The summed E-state index contributed by atoms with van der Waals surface area (Å²) in [4.78, 5) is 11.0. The summed E-state index contributed by atoms with van der Waals surface area (Å²) in [5.74, 6) is -1.74. The lowest BCUT2D eigenvalue weighted by Crippen LogP contribution is -2.48. The van der Waals surface area contributed by atoms with Gasteiger partial charge in [-0.2, -0.15) is 26.3 Å². The molecule has 3 nitrogen and oxygen atoms in total. The first-order valence-corrected chi connectivity index (χ1v) is 5.66. The average molecular weight is 293 g/mol. The van der Waals surface area contributed by atoms with E-state index in [4.69, 9.17) is 0 Å². The maximum absolute atomic E-state index is 12.6. The summed E-state index contributed by atoms with van der Waals surface area (Å²) >= 11 is 0. The smallest absolute Gasteiger partial charge is 0.422 e. The van der Waals surface area contributed by atoms with Crippen molar-refractivity contribution in [1.82, 2.24) is 5.32 Å². The topological polar surface area (TPSA) is 38.3 Å². The van der Waals surface area contributed by atoms with Crippen molar-refractivity contribution in [3.63, 3.8) is 0 Å². The summed E-state index contributed by atoms with van der Waals surface area (Å²) in [6.45, 7) is -1.82. The third kappa shape index (κ3) is 5.56. The van der Waals surface area contributed by atoms with Crippen molar-refractivity contribution in [3.8, 4) is 0 Å². The van der Waals surface area contributed by atoms with E-state index >= 15 is 0 Å². The highest BCUT2D eigenvalue weighted by atomic mass is 19.4. The molecular formula is C10H13F6NO2. The zero-order chi connectivity index (χ0) is 14.7. The molecule has 0 saturated heterocycles. The monoisotopic (exact) mass is 293 g/mol. The number of hydrogen-bond donors (Lipinski definition) is 1. The summed E-state index contributed by atoms with van der Waals surface area (Å²) < 4.78 is 77.1. The fourth-order valence-corrected chi connectivity index (χ4v) is 2.04. The molecule has 0 spiro atoms. The molecule has 9 heteroatoms. The van der Waals surface area contributed by atoms with Crippen LogP contribution in [0.15, 0.2) is 0 Å². The molecule has 2 unspecified atom stereocenters. The summed E-state index contributed by atoms with van der Waals surface area (Å²) in [6.07, 6.45) is -9.87. The summed E-state index contributed by atoms with van der Waals surface area (Å²) in [6, 6.07) is -1.23. The number of alkyl carbamates (subject to hydrolysis) is 1. The van der Waals surface area contributed by atoms with Crippen LogP contribution in [-0.2, 0) is 4.74 Å². The molecule has 0 radical (unpaired) electrons. The predicted molar refractivity (Wildman–Crippen MR) is 52.3 cm³/mol. The number of nitrogens with one attached hydrogen (secondary N) is 1. The van der Waals surface area contributed by atoms with Gasteiger partial charge >= 0.3 is 18.4 Å². The third-order valence-electron chi connectivity index (χ3n) is 2.86. The van der Waals surface area contributed by atoms with E-state index in [2.05, 4.69) is 4.74 Å². The normalized spacial score (nSPS) is 24.9. The molecule has 0 bridgehead atoms. The SMILES string of the molecule is O=C(NC1CCCCC1C(F)(F)F)OCC(F)(F)F. The van der Waals surface area contributed by atoms with Gasteiger partial charge in [-0.1, -0.05) is 12.8 Å². The van der Waals surface area contributed by atoms with Crippen molar-refractivity contribution in [1.29, 1.82) is 0 Å². The number of alkyl halides is 6. The van der Waals surface area contributed by atoms with Crippen LogP contribution in [0.5, 0.6) is 0 Å². The van der Waals surface area contributed by atoms with Gasteiger partial charge < -0.3 is 10.1 Å². The number of carbonyl (C=O) groups excluding carboxylic acids is 1. The second kappa shape index (κ2) is 5.87. The Balaban J connectivity index is 2.51. The van der Waals surface area contributed by atoms with Gasteiger partial charge in [0.15, 0.2) is 6.61 Å². The van der Waals surface area contributed by atoms with Crippen LogP contribution in [0, 0.1) is 5.92 Å². The zero-order valence-electron chi connectivity index (χ0n) is 9.77. The van der Waals surface area contributed by atoms with Gasteiger partial charge in [0, 0.05) is 6.04 Å². The molecule has 1 amide bonds. The van der Waals surface area contributed by atoms with E-state index in [9.17, 15) is 31.1 Å². The first kappa shape index (κ1) is 15.9. The van der Waals surface area contributed by atoms with Crippen LogP contribution in [-0.4, -0.2) is 31.1 Å². The summed E-state index contributed by atoms with van der Waals surface area (Å²) in [5.41, 5.74) is 0. The maximum atomic E-state index is 12.6. The molecule has 1 aliphatic carbocycles. The fraction of sp³-hybridized carbons (Fsp3) is 0.900. The van der Waals surface area contributed by atoms with Crippen molar-refractivity contribution < 1.29 is 35.9 Å². The molecule has 1 fully saturated rings. The molecular weight excluding hydrogens is 280 g/mol. The van der Waals surface area contributed by atoms with Gasteiger partial charge in [0.2, 0.25) is 0 Å². The quantitative estimate of drug-likeness (QED) is 0.792. The van der Waals surface area contributed by atoms with Gasteiger partial charge in [-0.3, -0.25) is 0 Å². The Morgan fingerprint density at radius 3 is 2.21 bits per heavy atom. The number of halogens is 6. The van der Waals surface area contributed by atoms with Gasteiger partial charge in [-0.15, -0.1) is 0 Å². The van der Waals surface area contributed by atoms with Gasteiger partial charge in [-0.05, 0) is 12.8 Å². The Morgan fingerprint density at radius 2 is 1.68 bits per heavy atom. The van der Waals surface area contributed by atoms with Crippen LogP contribution in [0.4, 0.5) is 31.1 Å². The van der Waals surface area contributed by atoms with E-state index in [1.807, 2.05) is 5.32 Å². The molecule has 0 aromatic carbocycles. The Hall–Kier alpha value is -1.15. The van der Waals surface area contributed by atoms with Gasteiger partial charge in [0.25, 0.3) is 0 Å². The molecule has 0 aliphatic heterocycles. The molecule has 1 N–H and O–H groups in total. The Morgan fingerprint density at radius 1 is 1.11 bits per heavy atom. The zero-order valence-corrected chi connectivity index (χ0v) is 9.77. The molecule has 1 rings (SSSR count). The van der Waals surface area contributed by atoms with Crippen LogP contribution in [0.1, 0.15) is 25.7 Å². The molecule has 112 valence electrons. The molecule has 2 atom stereocenters. The molecule has 1 saturated carbocycles. The van der Waals surface area contributed by atoms with Crippen LogP contribution >= 0.6 is 0 Å². The Kier molecular flexibility index (Phi) is 4.92. The van der Waals surface area contributed by atoms with Crippen molar-refractivity contribution in [2.75, 3.05) is 6.61 Å². The Labute approximate surface area is 105 Å². The van der Waals surface area contributed by atoms with E-state index < -0.39 is 37.0 Å². The molecule has 1 aliphatic rings. The van der Waals surface area contributed by atoms with Crippen LogP contribution in [0.3, 0.4) is 0 Å². The number of amides is 1. The molecule has 0 aromatic rings. The highest BCUT2D eigenvalue weighted by Crippen LogP contribution is 2.37. The highest BCUT2D eigenvalue weighted by Gasteiger charge is 2.46. The number of rotatable bonds is 2. The van der Waals surface area contributed by atoms with Crippen molar-refractivity contribution in [2.45, 2.75) is 44.1 Å². The standard InChI is InChI=1S/C10H13F6NO2/c11-9(12,13)5-19-8(18)17-7-4-2-1-3-6(7)10(14,15)16/h6-7H,1-5H2,(H,17,18). The van der Waals surface area contributed by atoms with Gasteiger partial charge in [-0.25, -0.2) is 4.79 Å². The molecule has 0 aromatic heterocycles. The van der Waals surface area contributed by atoms with E-state index in [0.717, 1.165) is 0 Å². The van der Waals surface area contributed by atoms with E-state index in [1.54, 1.807) is 0 Å². The van der Waals surface area contributed by atoms with Crippen molar-refractivity contribution >= 4 is 6.09 Å². The van der Waals surface area contributed by atoms with Crippen LogP contribution in [0.25, 0.3) is 0 Å². The van der Waals surface area contributed by atoms with Gasteiger partial charge in [0.05, 0.1) is 5.92 Å². The third-order valence-corrected chi connectivity index (χ3v) is 2.86. The maximum Gasteiger partial charge on any atom is 0.422 e. The fourth-order valence-electron chi connectivity index (χ4n) is 2.04. The van der Waals surface area contributed by atoms with Crippen LogP contribution in [0.2, 0.25) is 0 Å². The minimum absolute atomic E-state index is 0.0747. The second-order valence-electron chi connectivity index (χ2n) is 4.37. The number of hydrogen-bond acceptors (Lipinski definition) is 2. The second-order valence-corrected chi connectivity index (χ2v) is 4.37. The molecule has 0 heterocycles. The van der Waals surface area contributed by atoms with Gasteiger partial charge in [0.1, 0.15) is 0 Å². The lowest BCUT2D eigenvalue weighted by Gasteiger charge is -2.33. The van der Waals surface area contributed by atoms with Crippen molar-refractivity contribution in [2.24, 2.45) is 5.92 Å². The van der Waals surface area contributed by atoms with E-state index in [0.29, 0.717) is 12.8 Å². The highest BCUT2D eigenvalue weighted by molar-refractivity contribution is 5.67. The minimum atomic E-state index is -4.70. The Bertz CT molecular complexity index is 314. The van der Waals surface area contributed by atoms with E-state index in [-0.39, 0.29) is 12.8 Å². The predicted octanol–water partition coefficient (Wildman–Crippen LogP) is 3.40. The number of ether oxygens (including phenoxy) is 1. The first-order valence-electron chi connectivity index (χ1n) is 5.66. The molecule has 19 heavy (non-hydrogen) atoms. The average Bonchev–Trinajstić information content (AvgIpc) is 2.25. The van der Waals surface area contributed by atoms with Crippen LogP contribution < -0.4 is 5.32 Å². The largest absolute Gasteiger partial charge is 0.440 e. The first-order chi connectivity index (χ1) is 8.59.